The van der Waals surface area contributed by atoms with Gasteiger partial charge in [-0.2, -0.15) is 8.42 Å². The van der Waals surface area contributed by atoms with E-state index in [0.29, 0.717) is 25.2 Å². The van der Waals surface area contributed by atoms with E-state index in [1.165, 1.54) is 35.3 Å². The van der Waals surface area contributed by atoms with Crippen molar-refractivity contribution in [3.05, 3.63) is 36.4 Å². The van der Waals surface area contributed by atoms with Gasteiger partial charge in [-0.25, -0.2) is 0 Å². The lowest BCUT2D eigenvalue weighted by Gasteiger charge is -2.23. The lowest BCUT2D eigenvalue weighted by molar-refractivity contribution is -0.138. The number of amides is 2. The number of nitrogens with zero attached hydrogens (tertiary/aromatic N) is 2. The molecule has 1 fully saturated rings. The molecule has 0 spiro atoms. The standard InChI is InChI=1S/C14H13FN2O5S/c15-23(20,21)22-12-3-1-2-10(8-12)16-7-6-11(9-16)17-13(18)4-5-14(17)19/h1-5,8,11H,6-7,9H2/t11-/m1/s1. The summed E-state index contributed by atoms with van der Waals surface area (Å²) < 4.78 is 37.9. The van der Waals surface area contributed by atoms with Gasteiger partial charge in [-0.15, -0.1) is 0 Å². The summed E-state index contributed by atoms with van der Waals surface area (Å²) >= 11 is 0. The van der Waals surface area contributed by atoms with E-state index in [4.69, 9.17) is 0 Å². The molecule has 0 aromatic heterocycles. The summed E-state index contributed by atoms with van der Waals surface area (Å²) in [5.74, 6) is -0.798. The summed E-state index contributed by atoms with van der Waals surface area (Å²) in [7, 11) is -5.08. The largest absolute Gasteiger partial charge is 0.488 e. The van der Waals surface area contributed by atoms with Crippen LogP contribution in [0.5, 0.6) is 5.75 Å². The van der Waals surface area contributed by atoms with Gasteiger partial charge >= 0.3 is 10.5 Å². The van der Waals surface area contributed by atoms with E-state index in [0.717, 1.165) is 0 Å². The molecule has 2 aliphatic rings. The first-order valence-electron chi connectivity index (χ1n) is 6.88. The average Bonchev–Trinajstić information content (AvgIpc) is 3.04. The van der Waals surface area contributed by atoms with Crippen molar-refractivity contribution in [2.24, 2.45) is 0 Å². The molecule has 1 aromatic carbocycles. The molecule has 23 heavy (non-hydrogen) atoms. The molecular weight excluding hydrogens is 327 g/mol. The van der Waals surface area contributed by atoms with Gasteiger partial charge in [-0.05, 0) is 18.6 Å². The first-order valence-corrected chi connectivity index (χ1v) is 8.19. The van der Waals surface area contributed by atoms with Gasteiger partial charge < -0.3 is 9.08 Å². The van der Waals surface area contributed by atoms with Crippen molar-refractivity contribution in [1.29, 1.82) is 0 Å². The fraction of sp³-hybridized carbons (Fsp3) is 0.286. The van der Waals surface area contributed by atoms with Crippen LogP contribution < -0.4 is 9.08 Å². The Morgan fingerprint density at radius 1 is 1.17 bits per heavy atom. The summed E-state index contributed by atoms with van der Waals surface area (Å²) in [6.45, 7) is 0.999. The van der Waals surface area contributed by atoms with Crippen molar-refractivity contribution in [2.75, 3.05) is 18.0 Å². The Balaban J connectivity index is 1.73. The van der Waals surface area contributed by atoms with E-state index in [9.17, 15) is 21.9 Å². The third-order valence-electron chi connectivity index (χ3n) is 3.75. The Hall–Kier alpha value is -2.42. The van der Waals surface area contributed by atoms with E-state index in [1.54, 1.807) is 6.07 Å². The molecule has 1 saturated heterocycles. The molecule has 0 unspecified atom stereocenters. The molecule has 9 heteroatoms. The van der Waals surface area contributed by atoms with Crippen molar-refractivity contribution in [1.82, 2.24) is 4.90 Å². The summed E-state index contributed by atoms with van der Waals surface area (Å²) in [6, 6.07) is 5.72. The fourth-order valence-corrected chi connectivity index (χ4v) is 3.14. The Morgan fingerprint density at radius 3 is 2.52 bits per heavy atom. The number of halogens is 1. The van der Waals surface area contributed by atoms with Gasteiger partial charge in [0.05, 0.1) is 6.04 Å². The van der Waals surface area contributed by atoms with Gasteiger partial charge in [0.25, 0.3) is 11.8 Å². The van der Waals surface area contributed by atoms with Crippen LogP contribution in [0.3, 0.4) is 0 Å². The number of anilines is 1. The molecule has 0 bridgehead atoms. The molecule has 122 valence electrons. The Labute approximate surface area is 132 Å². The van der Waals surface area contributed by atoms with Crippen LogP contribution in [0.4, 0.5) is 9.57 Å². The highest BCUT2D eigenvalue weighted by Crippen LogP contribution is 2.28. The van der Waals surface area contributed by atoms with Gasteiger partial charge in [-0.3, -0.25) is 14.5 Å². The first-order chi connectivity index (χ1) is 10.8. The van der Waals surface area contributed by atoms with Crippen molar-refractivity contribution in [3.8, 4) is 5.75 Å². The Morgan fingerprint density at radius 2 is 1.87 bits per heavy atom. The van der Waals surface area contributed by atoms with E-state index in [2.05, 4.69) is 4.18 Å². The molecule has 2 aliphatic heterocycles. The topological polar surface area (TPSA) is 84.0 Å². The minimum atomic E-state index is -5.08. The summed E-state index contributed by atoms with van der Waals surface area (Å²) in [5.41, 5.74) is 0.626. The Kier molecular flexibility index (Phi) is 3.80. The van der Waals surface area contributed by atoms with Gasteiger partial charge in [0.15, 0.2) is 0 Å². The van der Waals surface area contributed by atoms with E-state index >= 15 is 0 Å². The monoisotopic (exact) mass is 340 g/mol. The minimum Gasteiger partial charge on any atom is -0.369 e. The van der Waals surface area contributed by atoms with Gasteiger partial charge in [0.2, 0.25) is 0 Å². The number of hydrogen-bond donors (Lipinski definition) is 0. The second kappa shape index (κ2) is 5.65. The molecule has 1 atom stereocenters. The van der Waals surface area contributed by atoms with Crippen LogP contribution in [-0.2, 0) is 20.1 Å². The Bertz CT molecular complexity index is 774. The number of imide groups is 1. The minimum absolute atomic E-state index is 0.136. The van der Waals surface area contributed by atoms with Crippen LogP contribution in [-0.4, -0.2) is 44.3 Å². The summed E-state index contributed by atoms with van der Waals surface area (Å²) in [6.07, 6.45) is 3.09. The van der Waals surface area contributed by atoms with E-state index in [1.807, 2.05) is 4.90 Å². The third kappa shape index (κ3) is 3.34. The quantitative estimate of drug-likeness (QED) is 0.595. The maximum atomic E-state index is 12.6. The smallest absolute Gasteiger partial charge is 0.369 e. The lowest BCUT2D eigenvalue weighted by Crippen LogP contribution is -2.41. The maximum Gasteiger partial charge on any atom is 0.488 e. The zero-order valence-corrected chi connectivity index (χ0v) is 12.7. The predicted molar refractivity (Wildman–Crippen MR) is 78.7 cm³/mol. The van der Waals surface area contributed by atoms with Crippen molar-refractivity contribution >= 4 is 28.0 Å². The summed E-state index contributed by atoms with van der Waals surface area (Å²) in [4.78, 5) is 26.5. The summed E-state index contributed by atoms with van der Waals surface area (Å²) in [5, 5.41) is 0. The van der Waals surface area contributed by atoms with Crippen LogP contribution in [0.1, 0.15) is 6.42 Å². The van der Waals surface area contributed by atoms with Gasteiger partial charge in [-0.1, -0.05) is 9.95 Å². The predicted octanol–water partition coefficient (Wildman–Crippen LogP) is 0.783. The SMILES string of the molecule is O=C1C=CC(=O)N1[C@@H]1CCN(c2cccc(OS(=O)(=O)F)c2)C1. The van der Waals surface area contributed by atoms with Crippen molar-refractivity contribution < 1.29 is 26.1 Å². The van der Waals surface area contributed by atoms with Crippen LogP contribution in [0, 0.1) is 0 Å². The van der Waals surface area contributed by atoms with Gasteiger partial charge in [0, 0.05) is 37.0 Å². The highest BCUT2D eigenvalue weighted by Gasteiger charge is 2.35. The molecule has 0 saturated carbocycles. The highest BCUT2D eigenvalue weighted by molar-refractivity contribution is 7.81. The second-order valence-electron chi connectivity index (χ2n) is 5.24. The normalized spacial score (nSPS) is 21.3. The number of carbonyl (C=O) groups excluding carboxylic acids is 2. The van der Waals surface area contributed by atoms with E-state index in [-0.39, 0.29) is 23.6 Å². The zero-order chi connectivity index (χ0) is 16.6. The van der Waals surface area contributed by atoms with Crippen molar-refractivity contribution in [3.63, 3.8) is 0 Å². The molecule has 0 aliphatic carbocycles. The zero-order valence-electron chi connectivity index (χ0n) is 11.9. The average molecular weight is 340 g/mol. The fourth-order valence-electron chi connectivity index (χ4n) is 2.81. The van der Waals surface area contributed by atoms with E-state index < -0.39 is 10.5 Å². The number of rotatable bonds is 4. The lowest BCUT2D eigenvalue weighted by atomic mass is 10.2. The number of hydrogen-bond acceptors (Lipinski definition) is 6. The van der Waals surface area contributed by atoms with Crippen molar-refractivity contribution in [2.45, 2.75) is 12.5 Å². The van der Waals surface area contributed by atoms with Crippen LogP contribution in [0.25, 0.3) is 0 Å². The van der Waals surface area contributed by atoms with Crippen LogP contribution in [0.15, 0.2) is 36.4 Å². The molecular formula is C14H13FN2O5S. The molecule has 3 rings (SSSR count). The second-order valence-corrected chi connectivity index (χ2v) is 6.19. The molecule has 0 N–H and O–H groups in total. The van der Waals surface area contributed by atoms with Gasteiger partial charge in [0.1, 0.15) is 5.75 Å². The molecule has 1 aromatic rings. The van der Waals surface area contributed by atoms with Crippen LogP contribution in [0.2, 0.25) is 0 Å². The number of benzene rings is 1. The molecule has 7 nitrogen and oxygen atoms in total. The maximum absolute atomic E-state index is 12.6. The molecule has 2 amide bonds. The molecule has 0 radical (unpaired) electrons. The third-order valence-corrected chi connectivity index (χ3v) is 4.14. The highest BCUT2D eigenvalue weighted by atomic mass is 32.3. The van der Waals surface area contributed by atoms with Crippen LogP contribution >= 0.6 is 0 Å². The number of carbonyl (C=O) groups is 2. The first kappa shape index (κ1) is 15.5. The molecule has 2 heterocycles.